The van der Waals surface area contributed by atoms with Gasteiger partial charge in [0.15, 0.2) is 11.5 Å². The van der Waals surface area contributed by atoms with Crippen LogP contribution in [0.4, 0.5) is 0 Å². The second-order valence-electron chi connectivity index (χ2n) is 9.76. The summed E-state index contributed by atoms with van der Waals surface area (Å²) >= 11 is 0. The highest BCUT2D eigenvalue weighted by Crippen LogP contribution is 2.54. The molecule has 4 atom stereocenters. The molecule has 5 rings (SSSR count). The van der Waals surface area contributed by atoms with E-state index in [4.69, 9.17) is 19.3 Å². The highest BCUT2D eigenvalue weighted by molar-refractivity contribution is 5.85. The lowest BCUT2D eigenvalue weighted by Crippen LogP contribution is -2.53. The second kappa shape index (κ2) is 8.50. The minimum absolute atomic E-state index is 0.0142. The van der Waals surface area contributed by atoms with E-state index >= 15 is 0 Å². The lowest BCUT2D eigenvalue weighted by atomic mass is 9.74. The summed E-state index contributed by atoms with van der Waals surface area (Å²) in [5.74, 6) is 0.895. The highest BCUT2D eigenvalue weighted by Gasteiger charge is 2.53. The smallest absolute Gasteiger partial charge is 0.328 e. The minimum atomic E-state index is -0.937. The Balaban J connectivity index is 1.34. The van der Waals surface area contributed by atoms with Crippen molar-refractivity contribution >= 4 is 12.0 Å². The quantitative estimate of drug-likeness (QED) is 0.669. The van der Waals surface area contributed by atoms with Crippen molar-refractivity contribution in [3.63, 3.8) is 0 Å². The van der Waals surface area contributed by atoms with Crippen molar-refractivity contribution in [1.82, 2.24) is 4.90 Å². The number of para-hydroxylation sites is 1. The van der Waals surface area contributed by atoms with E-state index in [0.717, 1.165) is 54.6 Å². The van der Waals surface area contributed by atoms with E-state index < -0.39 is 5.97 Å². The van der Waals surface area contributed by atoms with Gasteiger partial charge in [0.05, 0.1) is 19.3 Å². The average molecular weight is 450 g/mol. The van der Waals surface area contributed by atoms with Crippen molar-refractivity contribution in [2.45, 2.75) is 57.1 Å². The number of carboxylic acid groups (broad SMARTS) is 1. The normalized spacial score (nSPS) is 28.0. The molecule has 2 aromatic rings. The van der Waals surface area contributed by atoms with Crippen LogP contribution in [0.5, 0.6) is 11.5 Å². The number of ether oxygens (including phenoxy) is 3. The molecule has 2 aromatic carbocycles. The van der Waals surface area contributed by atoms with Crippen molar-refractivity contribution in [1.29, 1.82) is 0 Å². The largest absolute Gasteiger partial charge is 0.493 e. The van der Waals surface area contributed by atoms with Crippen molar-refractivity contribution < 1.29 is 24.1 Å². The maximum Gasteiger partial charge on any atom is 0.328 e. The van der Waals surface area contributed by atoms with Gasteiger partial charge in [0.25, 0.3) is 0 Å². The SMILES string of the molecule is COc1cccc2c1OC(C)(C)[C@@H]1C[C@H]3[C@@H](CCN3Cc3ccc(C=CC(=O)O)cc3)O[C@@H]21. The third-order valence-corrected chi connectivity index (χ3v) is 7.36. The van der Waals surface area contributed by atoms with Crippen LogP contribution in [0.25, 0.3) is 6.08 Å². The summed E-state index contributed by atoms with van der Waals surface area (Å²) in [6.45, 7) is 6.18. The van der Waals surface area contributed by atoms with Crippen LogP contribution in [0.15, 0.2) is 48.5 Å². The molecular formula is C27H31NO5. The lowest BCUT2D eigenvalue weighted by molar-refractivity contribution is -0.163. The van der Waals surface area contributed by atoms with Crippen molar-refractivity contribution in [3.05, 3.63) is 65.2 Å². The summed E-state index contributed by atoms with van der Waals surface area (Å²) in [6, 6.07) is 14.5. The van der Waals surface area contributed by atoms with Gasteiger partial charge in [-0.3, -0.25) is 4.90 Å². The summed E-state index contributed by atoms with van der Waals surface area (Å²) in [4.78, 5) is 13.3. The van der Waals surface area contributed by atoms with Gasteiger partial charge in [-0.25, -0.2) is 4.79 Å². The summed E-state index contributed by atoms with van der Waals surface area (Å²) in [5, 5.41) is 8.81. The monoisotopic (exact) mass is 449 g/mol. The number of hydrogen-bond acceptors (Lipinski definition) is 5. The Morgan fingerprint density at radius 3 is 2.76 bits per heavy atom. The molecule has 3 aliphatic heterocycles. The molecule has 0 amide bonds. The fourth-order valence-corrected chi connectivity index (χ4v) is 5.65. The molecule has 174 valence electrons. The van der Waals surface area contributed by atoms with Crippen LogP contribution in [-0.2, 0) is 16.1 Å². The van der Waals surface area contributed by atoms with Gasteiger partial charge < -0.3 is 19.3 Å². The molecule has 0 spiro atoms. The zero-order valence-electron chi connectivity index (χ0n) is 19.4. The molecule has 3 aliphatic rings. The van der Waals surface area contributed by atoms with Crippen LogP contribution >= 0.6 is 0 Å². The zero-order chi connectivity index (χ0) is 23.2. The molecule has 3 heterocycles. The molecule has 2 saturated heterocycles. The Hall–Kier alpha value is -2.83. The first-order chi connectivity index (χ1) is 15.9. The maximum absolute atomic E-state index is 10.7. The first kappa shape index (κ1) is 22.0. The summed E-state index contributed by atoms with van der Waals surface area (Å²) in [7, 11) is 1.68. The molecule has 1 N–H and O–H groups in total. The van der Waals surface area contributed by atoms with E-state index in [1.54, 1.807) is 13.2 Å². The number of methoxy groups -OCH3 is 1. The van der Waals surface area contributed by atoms with Gasteiger partial charge in [-0.05, 0) is 50.0 Å². The van der Waals surface area contributed by atoms with E-state index in [9.17, 15) is 4.79 Å². The lowest BCUT2D eigenvalue weighted by Gasteiger charge is -2.51. The highest BCUT2D eigenvalue weighted by atomic mass is 16.5. The van der Waals surface area contributed by atoms with Gasteiger partial charge in [0, 0.05) is 36.7 Å². The number of fused-ring (bicyclic) bond motifs is 4. The van der Waals surface area contributed by atoms with E-state index in [2.05, 4.69) is 36.9 Å². The number of benzene rings is 2. The van der Waals surface area contributed by atoms with Gasteiger partial charge in [0.2, 0.25) is 0 Å². The zero-order valence-corrected chi connectivity index (χ0v) is 19.4. The fraction of sp³-hybridized carbons (Fsp3) is 0.444. The maximum atomic E-state index is 10.7. The number of carbonyl (C=O) groups is 1. The van der Waals surface area contributed by atoms with E-state index in [0.29, 0.717) is 6.04 Å². The van der Waals surface area contributed by atoms with Crippen molar-refractivity contribution in [3.8, 4) is 11.5 Å². The summed E-state index contributed by atoms with van der Waals surface area (Å²) in [5.41, 5.74) is 2.85. The predicted octanol–water partition coefficient (Wildman–Crippen LogP) is 4.68. The van der Waals surface area contributed by atoms with Gasteiger partial charge in [-0.1, -0.05) is 36.4 Å². The molecular weight excluding hydrogens is 418 g/mol. The number of hydrogen-bond donors (Lipinski definition) is 1. The average Bonchev–Trinajstić information content (AvgIpc) is 3.19. The van der Waals surface area contributed by atoms with Crippen LogP contribution in [0, 0.1) is 5.92 Å². The van der Waals surface area contributed by atoms with E-state index in [1.165, 1.54) is 5.56 Å². The number of likely N-dealkylation sites (tertiary alicyclic amines) is 1. The topological polar surface area (TPSA) is 68.2 Å². The minimum Gasteiger partial charge on any atom is -0.493 e. The Morgan fingerprint density at radius 2 is 2.03 bits per heavy atom. The first-order valence-electron chi connectivity index (χ1n) is 11.6. The van der Waals surface area contributed by atoms with Gasteiger partial charge in [-0.15, -0.1) is 0 Å². The Kier molecular flexibility index (Phi) is 5.67. The molecule has 0 radical (unpaired) electrons. The molecule has 0 aromatic heterocycles. The van der Waals surface area contributed by atoms with Gasteiger partial charge in [-0.2, -0.15) is 0 Å². The first-order valence-corrected chi connectivity index (χ1v) is 11.6. The van der Waals surface area contributed by atoms with Crippen LogP contribution in [0.1, 0.15) is 49.5 Å². The molecule has 2 fully saturated rings. The van der Waals surface area contributed by atoms with Crippen LogP contribution in [0.3, 0.4) is 0 Å². The number of carboxylic acids is 1. The van der Waals surface area contributed by atoms with Crippen LogP contribution in [0.2, 0.25) is 0 Å². The summed E-state index contributed by atoms with van der Waals surface area (Å²) < 4.78 is 18.8. The predicted molar refractivity (Wildman–Crippen MR) is 125 cm³/mol. The summed E-state index contributed by atoms with van der Waals surface area (Å²) in [6.07, 6.45) is 5.05. The van der Waals surface area contributed by atoms with Crippen molar-refractivity contribution in [2.75, 3.05) is 13.7 Å². The standard InChI is InChI=1S/C27H31NO5/c1-27(2)20-15-21-22(32-25(20)19-5-4-6-23(31-3)26(19)33-27)13-14-28(21)16-18-9-7-17(8-10-18)11-12-24(29)30/h4-12,20-22,25H,13-16H2,1-3H3,(H,29,30)/t20-,21+,22-,25+/m1/s1. The number of rotatable bonds is 5. The Morgan fingerprint density at radius 1 is 1.24 bits per heavy atom. The van der Waals surface area contributed by atoms with E-state index in [1.807, 2.05) is 24.3 Å². The second-order valence-corrected chi connectivity index (χ2v) is 9.76. The van der Waals surface area contributed by atoms with Crippen LogP contribution in [-0.4, -0.2) is 47.4 Å². The Labute approximate surface area is 194 Å². The van der Waals surface area contributed by atoms with Crippen LogP contribution < -0.4 is 9.47 Å². The molecule has 0 unspecified atom stereocenters. The third-order valence-electron chi connectivity index (χ3n) is 7.36. The molecule has 0 saturated carbocycles. The number of aliphatic carboxylic acids is 1. The molecule has 33 heavy (non-hydrogen) atoms. The van der Waals surface area contributed by atoms with Gasteiger partial charge in [0.1, 0.15) is 5.60 Å². The Bertz CT molecular complexity index is 1060. The molecule has 6 heteroatoms. The third kappa shape index (κ3) is 4.13. The van der Waals surface area contributed by atoms with Gasteiger partial charge >= 0.3 is 5.97 Å². The molecule has 0 aliphatic carbocycles. The molecule has 6 nitrogen and oxygen atoms in total. The van der Waals surface area contributed by atoms with E-state index in [-0.39, 0.29) is 23.7 Å². The number of nitrogens with zero attached hydrogens (tertiary/aromatic N) is 1. The molecule has 0 bridgehead atoms. The van der Waals surface area contributed by atoms with Crippen molar-refractivity contribution in [2.24, 2.45) is 5.92 Å². The fourth-order valence-electron chi connectivity index (χ4n) is 5.65.